The highest BCUT2D eigenvalue weighted by Gasteiger charge is 2.26. The third-order valence-corrected chi connectivity index (χ3v) is 5.17. The van der Waals surface area contributed by atoms with Crippen molar-refractivity contribution in [1.82, 2.24) is 14.7 Å². The fourth-order valence-electron chi connectivity index (χ4n) is 2.80. The minimum Gasteiger partial charge on any atom is -0.390 e. The molecule has 1 N–H and O–H groups in total. The van der Waals surface area contributed by atoms with E-state index in [1.807, 2.05) is 36.2 Å². The number of β-amino-alcohol motifs (C(OH)–C–C–N with tert-alkyl or cyclic N) is 1. The van der Waals surface area contributed by atoms with E-state index in [9.17, 15) is 5.11 Å². The van der Waals surface area contributed by atoms with E-state index < -0.39 is 6.10 Å². The van der Waals surface area contributed by atoms with Crippen molar-refractivity contribution in [3.05, 3.63) is 53.3 Å². The predicted molar refractivity (Wildman–Crippen MR) is 91.3 cm³/mol. The van der Waals surface area contributed by atoms with Gasteiger partial charge < -0.3 is 5.11 Å². The Morgan fingerprint density at radius 2 is 2.14 bits per heavy atom. The lowest BCUT2D eigenvalue weighted by molar-refractivity contribution is 0.0793. The molecular formula is C16H20ClN3OS. The van der Waals surface area contributed by atoms with Crippen LogP contribution in [0.5, 0.6) is 0 Å². The van der Waals surface area contributed by atoms with Gasteiger partial charge in [0.25, 0.3) is 0 Å². The van der Waals surface area contributed by atoms with Gasteiger partial charge in [-0.3, -0.25) is 9.58 Å². The fourth-order valence-corrected chi connectivity index (χ4v) is 4.08. The largest absolute Gasteiger partial charge is 0.390 e. The molecule has 118 valence electrons. The van der Waals surface area contributed by atoms with Gasteiger partial charge in [-0.05, 0) is 23.8 Å². The summed E-state index contributed by atoms with van der Waals surface area (Å²) in [5, 5.41) is 15.3. The van der Waals surface area contributed by atoms with Crippen LogP contribution in [-0.2, 0) is 6.54 Å². The van der Waals surface area contributed by atoms with Gasteiger partial charge >= 0.3 is 0 Å². The molecule has 22 heavy (non-hydrogen) atoms. The molecule has 2 heterocycles. The van der Waals surface area contributed by atoms with Gasteiger partial charge in [-0.1, -0.05) is 23.7 Å². The van der Waals surface area contributed by atoms with E-state index in [2.05, 4.69) is 22.1 Å². The van der Waals surface area contributed by atoms with E-state index in [0.29, 0.717) is 19.1 Å². The molecule has 2 atom stereocenters. The van der Waals surface area contributed by atoms with E-state index in [4.69, 9.17) is 11.6 Å². The lowest BCUT2D eigenvalue weighted by Crippen LogP contribution is -2.42. The molecule has 1 saturated heterocycles. The molecule has 0 amide bonds. The number of hydrogen-bond acceptors (Lipinski definition) is 4. The summed E-state index contributed by atoms with van der Waals surface area (Å²) in [6, 6.07) is 10.3. The van der Waals surface area contributed by atoms with Crippen molar-refractivity contribution in [2.24, 2.45) is 0 Å². The Hall–Kier alpha value is -1.01. The monoisotopic (exact) mass is 337 g/mol. The lowest BCUT2D eigenvalue weighted by Gasteiger charge is -2.36. The van der Waals surface area contributed by atoms with Crippen molar-refractivity contribution in [3.8, 4) is 0 Å². The first kappa shape index (κ1) is 15.9. The van der Waals surface area contributed by atoms with Gasteiger partial charge in [0.15, 0.2) is 0 Å². The number of hydrogen-bond donors (Lipinski definition) is 1. The number of aliphatic hydroxyl groups is 1. The van der Waals surface area contributed by atoms with Crippen LogP contribution >= 0.6 is 23.4 Å². The number of nitrogens with zero attached hydrogens (tertiary/aromatic N) is 3. The highest BCUT2D eigenvalue weighted by molar-refractivity contribution is 7.99. The van der Waals surface area contributed by atoms with Crippen molar-refractivity contribution in [2.75, 3.05) is 24.6 Å². The van der Waals surface area contributed by atoms with Crippen LogP contribution in [0, 0.1) is 0 Å². The zero-order chi connectivity index (χ0) is 15.4. The maximum atomic E-state index is 10.4. The molecule has 4 nitrogen and oxygen atoms in total. The van der Waals surface area contributed by atoms with Gasteiger partial charge in [-0.2, -0.15) is 16.9 Å². The van der Waals surface area contributed by atoms with Crippen molar-refractivity contribution in [1.29, 1.82) is 0 Å². The molecule has 0 radical (unpaired) electrons. The van der Waals surface area contributed by atoms with E-state index in [0.717, 1.165) is 23.1 Å². The summed E-state index contributed by atoms with van der Waals surface area (Å²) in [4.78, 5) is 2.37. The summed E-state index contributed by atoms with van der Waals surface area (Å²) >= 11 is 7.95. The van der Waals surface area contributed by atoms with Crippen LogP contribution < -0.4 is 0 Å². The maximum Gasteiger partial charge on any atom is 0.0862 e. The minimum absolute atomic E-state index is 0.336. The quantitative estimate of drug-likeness (QED) is 0.910. The Balaban J connectivity index is 1.65. The third kappa shape index (κ3) is 4.04. The topological polar surface area (TPSA) is 41.3 Å². The van der Waals surface area contributed by atoms with E-state index in [-0.39, 0.29) is 0 Å². The highest BCUT2D eigenvalue weighted by Crippen LogP contribution is 2.30. The average molecular weight is 338 g/mol. The molecule has 1 fully saturated rings. The Bertz CT molecular complexity index is 576. The third-order valence-electron chi connectivity index (χ3n) is 3.90. The number of halogens is 1. The standard InChI is InChI=1S/C16H20ClN3OS/c17-14-4-2-13(3-5-14)16-12-22-9-8-19(16)10-15(21)11-20-7-1-6-18-20/h1-7,15-16,21H,8-12H2/t15-,16-/m1/s1. The molecule has 1 aliphatic heterocycles. The van der Waals surface area contributed by atoms with Crippen LogP contribution in [0.1, 0.15) is 11.6 Å². The van der Waals surface area contributed by atoms with Crippen molar-refractivity contribution >= 4 is 23.4 Å². The minimum atomic E-state index is -0.419. The molecule has 0 saturated carbocycles. The molecule has 6 heteroatoms. The molecule has 0 bridgehead atoms. The van der Waals surface area contributed by atoms with Gasteiger partial charge in [0.1, 0.15) is 0 Å². The first-order valence-electron chi connectivity index (χ1n) is 7.45. The number of thioether (sulfide) groups is 1. The van der Waals surface area contributed by atoms with E-state index in [1.54, 1.807) is 10.9 Å². The van der Waals surface area contributed by atoms with Gasteiger partial charge in [-0.25, -0.2) is 0 Å². The van der Waals surface area contributed by atoms with Crippen LogP contribution in [0.4, 0.5) is 0 Å². The van der Waals surface area contributed by atoms with Gasteiger partial charge in [0, 0.05) is 48.1 Å². The summed E-state index contributed by atoms with van der Waals surface area (Å²) in [5.74, 6) is 2.16. The van der Waals surface area contributed by atoms with Gasteiger partial charge in [0.2, 0.25) is 0 Å². The summed E-state index contributed by atoms with van der Waals surface area (Å²) in [7, 11) is 0. The lowest BCUT2D eigenvalue weighted by atomic mass is 10.1. The number of aliphatic hydroxyl groups excluding tert-OH is 1. The van der Waals surface area contributed by atoms with Crippen molar-refractivity contribution in [3.63, 3.8) is 0 Å². The number of benzene rings is 1. The normalized spacial score (nSPS) is 20.9. The highest BCUT2D eigenvalue weighted by atomic mass is 35.5. The summed E-state index contributed by atoms with van der Waals surface area (Å²) in [6.07, 6.45) is 3.20. The molecular weight excluding hydrogens is 318 g/mol. The average Bonchev–Trinajstić information content (AvgIpc) is 3.01. The second kappa shape index (κ2) is 7.51. The molecule has 1 aromatic heterocycles. The maximum absolute atomic E-state index is 10.4. The first-order chi connectivity index (χ1) is 10.7. The van der Waals surface area contributed by atoms with E-state index >= 15 is 0 Å². The molecule has 0 unspecified atom stereocenters. The molecule has 0 spiro atoms. The zero-order valence-electron chi connectivity index (χ0n) is 12.3. The summed E-state index contributed by atoms with van der Waals surface area (Å²) in [6.45, 7) is 2.19. The van der Waals surface area contributed by atoms with Crippen LogP contribution in [-0.4, -0.2) is 50.5 Å². The second-order valence-corrected chi connectivity index (χ2v) is 7.11. The van der Waals surface area contributed by atoms with Crippen molar-refractivity contribution < 1.29 is 5.11 Å². The van der Waals surface area contributed by atoms with Gasteiger partial charge in [0.05, 0.1) is 12.6 Å². The summed E-state index contributed by atoms with van der Waals surface area (Å²) in [5.41, 5.74) is 1.27. The Labute approximate surface area is 140 Å². The molecule has 0 aliphatic carbocycles. The van der Waals surface area contributed by atoms with Crippen molar-refractivity contribution in [2.45, 2.75) is 18.7 Å². The molecule has 1 aromatic carbocycles. The molecule has 2 aromatic rings. The molecule has 3 rings (SSSR count). The Morgan fingerprint density at radius 1 is 1.32 bits per heavy atom. The number of rotatable bonds is 5. The van der Waals surface area contributed by atoms with Crippen LogP contribution in [0.3, 0.4) is 0 Å². The first-order valence-corrected chi connectivity index (χ1v) is 8.98. The zero-order valence-corrected chi connectivity index (χ0v) is 13.9. The number of aromatic nitrogens is 2. The Kier molecular flexibility index (Phi) is 5.41. The second-order valence-electron chi connectivity index (χ2n) is 5.52. The van der Waals surface area contributed by atoms with Crippen LogP contribution in [0.25, 0.3) is 0 Å². The van der Waals surface area contributed by atoms with Gasteiger partial charge in [-0.15, -0.1) is 0 Å². The van der Waals surface area contributed by atoms with Crippen LogP contribution in [0.15, 0.2) is 42.7 Å². The summed E-state index contributed by atoms with van der Waals surface area (Å²) < 4.78 is 1.78. The van der Waals surface area contributed by atoms with E-state index in [1.165, 1.54) is 5.56 Å². The molecule has 1 aliphatic rings. The SMILES string of the molecule is O[C@H](CN1CCSC[C@@H]1c1ccc(Cl)cc1)Cn1cccn1. The van der Waals surface area contributed by atoms with Crippen LogP contribution in [0.2, 0.25) is 5.02 Å². The fraction of sp³-hybridized carbons (Fsp3) is 0.438. The Morgan fingerprint density at radius 3 is 2.86 bits per heavy atom. The smallest absolute Gasteiger partial charge is 0.0862 e. The predicted octanol–water partition coefficient (Wildman–Crippen LogP) is 2.69.